The molecule has 0 N–H and O–H groups in total. The number of benzene rings is 2. The molecule has 27 heavy (non-hydrogen) atoms. The van der Waals surface area contributed by atoms with Gasteiger partial charge in [-0.1, -0.05) is 49.4 Å². The van der Waals surface area contributed by atoms with Crippen molar-refractivity contribution in [1.29, 1.82) is 0 Å². The summed E-state index contributed by atoms with van der Waals surface area (Å²) in [4.78, 5) is 15.0. The van der Waals surface area contributed by atoms with Crippen molar-refractivity contribution in [3.05, 3.63) is 89.0 Å². The van der Waals surface area contributed by atoms with Crippen molar-refractivity contribution in [3.63, 3.8) is 0 Å². The van der Waals surface area contributed by atoms with Crippen LogP contribution in [0, 0.1) is 5.82 Å². The molecule has 4 nitrogen and oxygen atoms in total. The van der Waals surface area contributed by atoms with Gasteiger partial charge in [-0.05, 0) is 29.7 Å². The lowest BCUT2D eigenvalue weighted by atomic mass is 9.95. The molecule has 3 aromatic rings. The van der Waals surface area contributed by atoms with Gasteiger partial charge in [0.25, 0.3) is 0 Å². The third kappa shape index (κ3) is 3.50. The molecule has 1 aromatic heterocycles. The Morgan fingerprint density at radius 3 is 2.56 bits per heavy atom. The smallest absolute Gasteiger partial charge is 0.230 e. The van der Waals surface area contributed by atoms with Crippen molar-refractivity contribution >= 4 is 5.91 Å². The normalized spacial score (nSPS) is 14.2. The molecule has 1 aliphatic heterocycles. The fourth-order valence-corrected chi connectivity index (χ4v) is 3.72. The molecule has 0 radical (unpaired) electrons. The second-order valence-electron chi connectivity index (χ2n) is 6.97. The van der Waals surface area contributed by atoms with Crippen molar-refractivity contribution in [2.45, 2.75) is 38.9 Å². The Kier molecular flexibility index (Phi) is 4.75. The predicted molar refractivity (Wildman–Crippen MR) is 101 cm³/mol. The Balaban J connectivity index is 1.50. The molecule has 0 bridgehead atoms. The number of fused-ring (bicyclic) bond motifs is 1. The van der Waals surface area contributed by atoms with Gasteiger partial charge in [-0.25, -0.2) is 4.39 Å². The number of hydrogen-bond donors (Lipinski definition) is 0. The fourth-order valence-electron chi connectivity index (χ4n) is 3.72. The molecule has 2 aromatic carbocycles. The SMILES string of the molecule is CC[C@H](C(=O)N1Cc2cnn(Cc3ccc(F)cc3)c2C1)c1ccccc1. The lowest BCUT2D eigenvalue weighted by molar-refractivity contribution is -0.133. The van der Waals surface area contributed by atoms with Crippen LogP contribution in [0.3, 0.4) is 0 Å². The van der Waals surface area contributed by atoms with Gasteiger partial charge < -0.3 is 4.90 Å². The van der Waals surface area contributed by atoms with Crippen LogP contribution in [0.1, 0.15) is 41.6 Å². The van der Waals surface area contributed by atoms with Crippen molar-refractivity contribution in [1.82, 2.24) is 14.7 Å². The van der Waals surface area contributed by atoms with E-state index in [0.29, 0.717) is 19.6 Å². The molecule has 0 unspecified atom stereocenters. The van der Waals surface area contributed by atoms with E-state index in [4.69, 9.17) is 0 Å². The molecule has 4 rings (SSSR count). The minimum absolute atomic E-state index is 0.117. The molecule has 1 atom stereocenters. The average molecular weight is 363 g/mol. The maximum absolute atomic E-state index is 13.1. The standard InChI is InChI=1S/C22H22FN3O/c1-2-20(17-6-4-3-5-7-17)22(27)25-14-18-12-24-26(21(18)15-25)13-16-8-10-19(23)11-9-16/h3-12,20H,2,13-15H2,1H3/t20-/m0/s1. The fraction of sp³-hybridized carbons (Fsp3) is 0.273. The van der Waals surface area contributed by atoms with Gasteiger partial charge in [-0.3, -0.25) is 9.48 Å². The minimum Gasteiger partial charge on any atom is -0.332 e. The summed E-state index contributed by atoms with van der Waals surface area (Å²) < 4.78 is 15.0. The van der Waals surface area contributed by atoms with E-state index >= 15 is 0 Å². The van der Waals surface area contributed by atoms with E-state index in [1.165, 1.54) is 12.1 Å². The molecule has 5 heteroatoms. The van der Waals surface area contributed by atoms with Crippen LogP contribution in [-0.2, 0) is 24.4 Å². The maximum atomic E-state index is 13.1. The molecule has 0 fully saturated rings. The first-order valence-electron chi connectivity index (χ1n) is 9.27. The number of nitrogens with zero attached hydrogens (tertiary/aromatic N) is 3. The lowest BCUT2D eigenvalue weighted by Gasteiger charge is -2.23. The summed E-state index contributed by atoms with van der Waals surface area (Å²) in [5.74, 6) is -0.199. The number of aromatic nitrogens is 2. The lowest BCUT2D eigenvalue weighted by Crippen LogP contribution is -2.31. The van der Waals surface area contributed by atoms with Gasteiger partial charge in [0, 0.05) is 12.1 Å². The highest BCUT2D eigenvalue weighted by Crippen LogP contribution is 2.29. The third-order valence-corrected chi connectivity index (χ3v) is 5.20. The Bertz CT molecular complexity index is 934. The Hall–Kier alpha value is -2.95. The summed E-state index contributed by atoms with van der Waals surface area (Å²) in [7, 11) is 0. The zero-order valence-corrected chi connectivity index (χ0v) is 15.3. The third-order valence-electron chi connectivity index (χ3n) is 5.20. The van der Waals surface area contributed by atoms with Gasteiger partial charge in [0.1, 0.15) is 5.82 Å². The van der Waals surface area contributed by atoms with Gasteiger partial charge in [0.15, 0.2) is 0 Å². The average Bonchev–Trinajstić information content (AvgIpc) is 3.27. The first kappa shape index (κ1) is 17.5. The second kappa shape index (κ2) is 7.35. The molecule has 0 spiro atoms. The highest BCUT2D eigenvalue weighted by Gasteiger charge is 2.31. The van der Waals surface area contributed by atoms with Crippen LogP contribution >= 0.6 is 0 Å². The van der Waals surface area contributed by atoms with Crippen LogP contribution in [0.15, 0.2) is 60.8 Å². The Morgan fingerprint density at radius 1 is 1.11 bits per heavy atom. The van der Waals surface area contributed by atoms with Crippen LogP contribution in [-0.4, -0.2) is 20.6 Å². The first-order chi connectivity index (χ1) is 13.2. The summed E-state index contributed by atoms with van der Waals surface area (Å²) in [5, 5.41) is 4.46. The number of hydrogen-bond acceptors (Lipinski definition) is 2. The molecule has 1 aliphatic rings. The largest absolute Gasteiger partial charge is 0.332 e. The van der Waals surface area contributed by atoms with Crippen LogP contribution in [0.4, 0.5) is 4.39 Å². The Labute approximate surface area is 158 Å². The van der Waals surface area contributed by atoms with E-state index < -0.39 is 0 Å². The summed E-state index contributed by atoms with van der Waals surface area (Å²) in [6.45, 7) is 3.79. The van der Waals surface area contributed by atoms with E-state index in [1.54, 1.807) is 12.1 Å². The number of carbonyl (C=O) groups is 1. The van der Waals surface area contributed by atoms with Crippen LogP contribution in [0.5, 0.6) is 0 Å². The van der Waals surface area contributed by atoms with Crippen LogP contribution < -0.4 is 0 Å². The number of rotatable bonds is 5. The molecule has 0 aliphatic carbocycles. The van der Waals surface area contributed by atoms with E-state index in [-0.39, 0.29) is 17.6 Å². The molecule has 2 heterocycles. The summed E-state index contributed by atoms with van der Waals surface area (Å²) in [5.41, 5.74) is 4.21. The molecule has 0 saturated carbocycles. The summed E-state index contributed by atoms with van der Waals surface area (Å²) >= 11 is 0. The van der Waals surface area contributed by atoms with Gasteiger partial charge >= 0.3 is 0 Å². The van der Waals surface area contributed by atoms with Gasteiger partial charge in [-0.2, -0.15) is 5.10 Å². The zero-order valence-electron chi connectivity index (χ0n) is 15.3. The molecular formula is C22H22FN3O. The quantitative estimate of drug-likeness (QED) is 0.684. The van der Waals surface area contributed by atoms with E-state index in [2.05, 4.69) is 12.0 Å². The highest BCUT2D eigenvalue weighted by molar-refractivity contribution is 5.84. The predicted octanol–water partition coefficient (Wildman–Crippen LogP) is 4.11. The van der Waals surface area contributed by atoms with Crippen molar-refractivity contribution in [2.75, 3.05) is 0 Å². The van der Waals surface area contributed by atoms with Crippen LogP contribution in [0.2, 0.25) is 0 Å². The van der Waals surface area contributed by atoms with Crippen molar-refractivity contribution in [2.24, 2.45) is 0 Å². The van der Waals surface area contributed by atoms with E-state index in [1.807, 2.05) is 46.1 Å². The van der Waals surface area contributed by atoms with Crippen LogP contribution in [0.25, 0.3) is 0 Å². The maximum Gasteiger partial charge on any atom is 0.230 e. The topological polar surface area (TPSA) is 38.1 Å². The van der Waals surface area contributed by atoms with E-state index in [0.717, 1.165) is 28.8 Å². The number of amides is 1. The molecule has 1 amide bonds. The number of carbonyl (C=O) groups excluding carboxylic acids is 1. The number of halogens is 1. The molecule has 138 valence electrons. The highest BCUT2D eigenvalue weighted by atomic mass is 19.1. The van der Waals surface area contributed by atoms with Crippen molar-refractivity contribution < 1.29 is 9.18 Å². The van der Waals surface area contributed by atoms with Gasteiger partial charge in [0.05, 0.1) is 30.9 Å². The minimum atomic E-state index is -0.243. The summed E-state index contributed by atoms with van der Waals surface area (Å²) in [6.07, 6.45) is 2.62. The van der Waals surface area contributed by atoms with Gasteiger partial charge in [0.2, 0.25) is 5.91 Å². The first-order valence-corrected chi connectivity index (χ1v) is 9.27. The molecule has 0 saturated heterocycles. The second-order valence-corrected chi connectivity index (χ2v) is 6.97. The van der Waals surface area contributed by atoms with Crippen molar-refractivity contribution in [3.8, 4) is 0 Å². The van der Waals surface area contributed by atoms with Gasteiger partial charge in [-0.15, -0.1) is 0 Å². The zero-order chi connectivity index (χ0) is 18.8. The monoisotopic (exact) mass is 363 g/mol. The Morgan fingerprint density at radius 2 is 1.85 bits per heavy atom. The molecular weight excluding hydrogens is 341 g/mol. The van der Waals surface area contributed by atoms with E-state index in [9.17, 15) is 9.18 Å². The summed E-state index contributed by atoms with van der Waals surface area (Å²) in [6, 6.07) is 16.4.